The summed E-state index contributed by atoms with van der Waals surface area (Å²) in [5.74, 6) is 1.42. The van der Waals surface area contributed by atoms with E-state index >= 15 is 0 Å². The highest BCUT2D eigenvalue weighted by atomic mass is 35.5. The largest absolute Gasteiger partial charge is 0.484 e. The van der Waals surface area contributed by atoms with Crippen LogP contribution >= 0.6 is 11.6 Å². The van der Waals surface area contributed by atoms with Crippen molar-refractivity contribution in [2.24, 2.45) is 5.92 Å². The Kier molecular flexibility index (Phi) is 7.49. The third-order valence-corrected chi connectivity index (χ3v) is 6.43. The van der Waals surface area contributed by atoms with E-state index in [0.29, 0.717) is 23.4 Å². The van der Waals surface area contributed by atoms with Crippen molar-refractivity contribution in [3.05, 3.63) is 35.5 Å². The molecule has 164 valence electrons. The van der Waals surface area contributed by atoms with Gasteiger partial charge < -0.3 is 24.8 Å². The van der Waals surface area contributed by atoms with Gasteiger partial charge in [-0.3, -0.25) is 10.1 Å². The van der Waals surface area contributed by atoms with Crippen molar-refractivity contribution in [3.8, 4) is 5.75 Å². The van der Waals surface area contributed by atoms with Crippen molar-refractivity contribution in [2.45, 2.75) is 12.8 Å². The molecule has 3 heterocycles. The van der Waals surface area contributed by atoms with Crippen LogP contribution in [0.1, 0.15) is 12.8 Å². The number of ether oxygens (including phenoxy) is 1. The molecule has 2 saturated heterocycles. The van der Waals surface area contributed by atoms with Crippen LogP contribution < -0.4 is 20.3 Å². The van der Waals surface area contributed by atoms with Crippen molar-refractivity contribution in [1.29, 1.82) is 0 Å². The number of amides is 1. The first-order valence-electron chi connectivity index (χ1n) is 11.0. The van der Waals surface area contributed by atoms with Gasteiger partial charge in [-0.05, 0) is 30.9 Å². The molecule has 0 aliphatic carbocycles. The number of hydrogen-bond donors (Lipinski definition) is 2. The Morgan fingerprint density at radius 3 is 2.67 bits per heavy atom. The molecule has 7 nitrogen and oxygen atoms in total. The molecule has 0 saturated carbocycles. The molecular formula is C22H32ClN5O2. The quantitative estimate of drug-likeness (QED) is 0.712. The van der Waals surface area contributed by atoms with Crippen molar-refractivity contribution >= 4 is 23.2 Å². The highest BCUT2D eigenvalue weighted by Crippen LogP contribution is 2.30. The first-order valence-corrected chi connectivity index (χ1v) is 11.3. The topological polar surface area (TPSA) is 60.1 Å². The molecule has 1 aromatic carbocycles. The number of halogens is 1. The predicted octanol–water partition coefficient (Wildman–Crippen LogP) is 1.74. The smallest absolute Gasteiger partial charge is 0.260 e. The lowest BCUT2D eigenvalue weighted by Crippen LogP contribution is -2.47. The lowest BCUT2D eigenvalue weighted by molar-refractivity contribution is -0.134. The van der Waals surface area contributed by atoms with Gasteiger partial charge in [-0.25, -0.2) is 0 Å². The minimum atomic E-state index is 0.0617. The second-order valence-corrected chi connectivity index (χ2v) is 8.65. The fourth-order valence-corrected chi connectivity index (χ4v) is 4.56. The van der Waals surface area contributed by atoms with E-state index in [0.717, 1.165) is 70.9 Å². The van der Waals surface area contributed by atoms with Gasteiger partial charge in [-0.1, -0.05) is 17.7 Å². The number of hydrogen-bond acceptors (Lipinski definition) is 6. The Bertz CT molecular complexity index is 745. The van der Waals surface area contributed by atoms with E-state index in [2.05, 4.69) is 15.5 Å². The molecular weight excluding hydrogens is 402 g/mol. The van der Waals surface area contributed by atoms with Crippen LogP contribution in [0, 0.1) is 5.92 Å². The predicted molar refractivity (Wildman–Crippen MR) is 120 cm³/mol. The summed E-state index contributed by atoms with van der Waals surface area (Å²) in [5.41, 5.74) is 0.874. The molecule has 2 N–H and O–H groups in total. The molecule has 0 unspecified atom stereocenters. The van der Waals surface area contributed by atoms with Gasteiger partial charge in [-0.2, -0.15) is 0 Å². The summed E-state index contributed by atoms with van der Waals surface area (Å²) >= 11 is 6.36. The van der Waals surface area contributed by atoms with E-state index in [1.54, 1.807) is 0 Å². The van der Waals surface area contributed by atoms with Gasteiger partial charge in [0.2, 0.25) is 0 Å². The highest BCUT2D eigenvalue weighted by Gasteiger charge is 2.25. The van der Waals surface area contributed by atoms with Gasteiger partial charge in [0.1, 0.15) is 5.75 Å². The molecule has 0 spiro atoms. The first kappa shape index (κ1) is 21.4. The zero-order chi connectivity index (χ0) is 20.8. The second-order valence-electron chi connectivity index (χ2n) is 8.24. The number of nitrogens with zero attached hydrogens (tertiary/aromatic N) is 3. The van der Waals surface area contributed by atoms with Gasteiger partial charge >= 0.3 is 0 Å². The second kappa shape index (κ2) is 10.5. The van der Waals surface area contributed by atoms with Gasteiger partial charge in [0.05, 0.1) is 17.4 Å². The van der Waals surface area contributed by atoms with E-state index in [1.807, 2.05) is 40.3 Å². The summed E-state index contributed by atoms with van der Waals surface area (Å²) < 4.78 is 5.82. The standard InChI is InChI=1S/C22H32ClN5O2/c23-20-3-2-19(14-21(20)28-9-1-6-25-17-28)30-16-22(29)27-10-4-18(5-11-27)15-26-12-7-24-8-13-26/h1-3,9,14,18,24-25H,4-8,10-13,15-17H2. The SMILES string of the molecule is O=C(COc1ccc(Cl)c(N2C=CCNC2)c1)N1CCC(CN2CCNCC2)CC1. The molecule has 2 fully saturated rings. The van der Waals surface area contributed by atoms with Crippen LogP contribution in [0.4, 0.5) is 5.69 Å². The van der Waals surface area contributed by atoms with E-state index in [4.69, 9.17) is 16.3 Å². The fraction of sp³-hybridized carbons (Fsp3) is 0.591. The van der Waals surface area contributed by atoms with Crippen LogP contribution in [0.3, 0.4) is 0 Å². The van der Waals surface area contributed by atoms with Gasteiger partial charge in [0.15, 0.2) is 6.61 Å². The first-order chi connectivity index (χ1) is 14.7. The van der Waals surface area contributed by atoms with Crippen molar-refractivity contribution < 1.29 is 9.53 Å². The number of carbonyl (C=O) groups is 1. The molecule has 8 heteroatoms. The normalized spacial score (nSPS) is 21.1. The number of benzene rings is 1. The molecule has 1 amide bonds. The van der Waals surface area contributed by atoms with Crippen LogP contribution in [-0.4, -0.2) is 81.3 Å². The Morgan fingerprint density at radius 2 is 1.93 bits per heavy atom. The van der Waals surface area contributed by atoms with Crippen molar-refractivity contribution in [1.82, 2.24) is 20.4 Å². The summed E-state index contributed by atoms with van der Waals surface area (Å²) in [4.78, 5) is 19.2. The highest BCUT2D eigenvalue weighted by molar-refractivity contribution is 6.33. The van der Waals surface area contributed by atoms with Gasteiger partial charge in [0.25, 0.3) is 5.91 Å². The fourth-order valence-electron chi connectivity index (χ4n) is 4.33. The summed E-state index contributed by atoms with van der Waals surface area (Å²) in [7, 11) is 0. The third-order valence-electron chi connectivity index (χ3n) is 6.11. The lowest BCUT2D eigenvalue weighted by atomic mass is 9.96. The van der Waals surface area contributed by atoms with Gasteiger partial charge in [-0.15, -0.1) is 0 Å². The Labute approximate surface area is 184 Å². The van der Waals surface area contributed by atoms with Crippen molar-refractivity contribution in [2.75, 3.05) is 70.5 Å². The molecule has 3 aliphatic rings. The summed E-state index contributed by atoms with van der Waals surface area (Å²) in [6, 6.07) is 5.54. The number of piperidine rings is 1. The number of anilines is 1. The Morgan fingerprint density at radius 1 is 1.13 bits per heavy atom. The van der Waals surface area contributed by atoms with E-state index in [1.165, 1.54) is 0 Å². The molecule has 0 atom stereocenters. The van der Waals surface area contributed by atoms with E-state index in [-0.39, 0.29) is 12.5 Å². The summed E-state index contributed by atoms with van der Waals surface area (Å²) in [6.45, 7) is 8.89. The minimum absolute atomic E-state index is 0.0617. The van der Waals surface area contributed by atoms with Crippen LogP contribution in [0.25, 0.3) is 0 Å². The number of carbonyl (C=O) groups excluding carboxylic acids is 1. The van der Waals surface area contributed by atoms with Crippen LogP contribution in [0.5, 0.6) is 5.75 Å². The Hall–Kier alpha value is -1.80. The maximum atomic E-state index is 12.6. The summed E-state index contributed by atoms with van der Waals surface area (Å²) in [5, 5.41) is 7.34. The molecule has 3 aliphatic heterocycles. The van der Waals surface area contributed by atoms with Crippen LogP contribution in [0.15, 0.2) is 30.5 Å². The van der Waals surface area contributed by atoms with Gasteiger partial charge in [0, 0.05) is 64.6 Å². The maximum absolute atomic E-state index is 12.6. The zero-order valence-electron chi connectivity index (χ0n) is 17.5. The maximum Gasteiger partial charge on any atom is 0.260 e. The van der Waals surface area contributed by atoms with E-state index in [9.17, 15) is 4.79 Å². The van der Waals surface area contributed by atoms with Crippen LogP contribution in [-0.2, 0) is 4.79 Å². The zero-order valence-corrected chi connectivity index (χ0v) is 18.2. The average Bonchev–Trinajstić information content (AvgIpc) is 2.80. The summed E-state index contributed by atoms with van der Waals surface area (Å²) in [6.07, 6.45) is 6.21. The monoisotopic (exact) mass is 433 g/mol. The third kappa shape index (κ3) is 5.66. The minimum Gasteiger partial charge on any atom is -0.484 e. The Balaban J connectivity index is 1.24. The lowest BCUT2D eigenvalue weighted by Gasteiger charge is -2.36. The number of piperazine rings is 1. The van der Waals surface area contributed by atoms with Crippen LogP contribution in [0.2, 0.25) is 5.02 Å². The molecule has 4 rings (SSSR count). The van der Waals surface area contributed by atoms with Crippen molar-refractivity contribution in [3.63, 3.8) is 0 Å². The van der Waals surface area contributed by atoms with E-state index < -0.39 is 0 Å². The molecule has 0 aromatic heterocycles. The number of rotatable bonds is 6. The molecule has 0 radical (unpaired) electrons. The average molecular weight is 434 g/mol. The number of nitrogens with one attached hydrogen (secondary N) is 2. The molecule has 1 aromatic rings. The molecule has 30 heavy (non-hydrogen) atoms. The molecule has 0 bridgehead atoms. The number of likely N-dealkylation sites (tertiary alicyclic amines) is 1.